The molecule has 0 unspecified atom stereocenters. The van der Waals surface area contributed by atoms with E-state index in [2.05, 4.69) is 12.2 Å². The predicted octanol–water partition coefficient (Wildman–Crippen LogP) is 1.37. The fourth-order valence-electron chi connectivity index (χ4n) is 5.15. The molecule has 2 amide bonds. The maximum atomic E-state index is 13.7. The lowest BCUT2D eigenvalue weighted by molar-refractivity contribution is -0.208. The number of thioether (sulfide) groups is 1. The van der Waals surface area contributed by atoms with Gasteiger partial charge in [-0.15, -0.1) is 11.8 Å². The van der Waals surface area contributed by atoms with Crippen LogP contribution in [0.3, 0.4) is 0 Å². The van der Waals surface area contributed by atoms with Crippen LogP contribution in [0.25, 0.3) is 0 Å². The molecule has 12 nitrogen and oxygen atoms in total. The molecule has 13 heteroatoms. The topological polar surface area (TPSA) is 172 Å². The van der Waals surface area contributed by atoms with Gasteiger partial charge in [0.2, 0.25) is 5.91 Å². The highest BCUT2D eigenvalue weighted by atomic mass is 32.2. The number of piperidine rings is 1. The van der Waals surface area contributed by atoms with Gasteiger partial charge in [-0.1, -0.05) is 33.6 Å². The average molecular weight is 561 g/mol. The first kappa shape index (κ1) is 30.5. The molecule has 2 aliphatic rings. The van der Waals surface area contributed by atoms with Crippen molar-refractivity contribution in [3.63, 3.8) is 0 Å². The standard InChI is InChI=1S/C25H40N2O10S/c1-6-7-14-8-9-27(24(32)34-11-16-13(4)35-25(33)36-16)15(10-14)22(31)26-17(12(2)3)21-19(29)18(28)20(30)23(37-21)38-5/h12,14-15,17-21,23,28-30H,6-11H2,1-5H3,(H,26,31)/t14-,15+,17-,18+,19-,20-,21-,23-/m1/s1. The van der Waals surface area contributed by atoms with Gasteiger partial charge in [0.25, 0.3) is 0 Å². The number of carbonyl (C=O) groups excluding carboxylic acids is 2. The summed E-state index contributed by atoms with van der Waals surface area (Å²) in [6, 6.07) is -1.54. The molecule has 2 fully saturated rings. The number of nitrogens with zero attached hydrogens (tertiary/aromatic N) is 1. The van der Waals surface area contributed by atoms with Crippen molar-refractivity contribution in [3.05, 3.63) is 22.1 Å². The van der Waals surface area contributed by atoms with Crippen LogP contribution in [0, 0.1) is 18.8 Å². The van der Waals surface area contributed by atoms with E-state index in [-0.39, 0.29) is 30.0 Å². The lowest BCUT2D eigenvalue weighted by Gasteiger charge is -2.45. The Morgan fingerprint density at radius 3 is 2.47 bits per heavy atom. The van der Waals surface area contributed by atoms with E-state index in [9.17, 15) is 29.7 Å². The molecule has 0 aliphatic carbocycles. The van der Waals surface area contributed by atoms with Crippen molar-refractivity contribution in [2.75, 3.05) is 12.8 Å². The molecule has 0 radical (unpaired) electrons. The Kier molecular flexibility index (Phi) is 10.7. The Morgan fingerprint density at radius 2 is 1.89 bits per heavy atom. The molecule has 0 aromatic carbocycles. The first-order chi connectivity index (χ1) is 18.0. The minimum Gasteiger partial charge on any atom is -0.441 e. The lowest BCUT2D eigenvalue weighted by Crippen LogP contribution is -2.65. The molecule has 38 heavy (non-hydrogen) atoms. The molecule has 0 bridgehead atoms. The first-order valence-corrected chi connectivity index (χ1v) is 14.3. The molecule has 8 atom stereocenters. The van der Waals surface area contributed by atoms with Crippen molar-refractivity contribution in [2.24, 2.45) is 11.8 Å². The molecule has 3 rings (SSSR count). The Morgan fingerprint density at radius 1 is 1.18 bits per heavy atom. The van der Waals surface area contributed by atoms with Gasteiger partial charge in [-0.2, -0.15) is 0 Å². The second-order valence-corrected chi connectivity index (χ2v) is 11.3. The fraction of sp³-hybridized carbons (Fsp3) is 0.800. The number of rotatable bonds is 9. The van der Waals surface area contributed by atoms with Crippen molar-refractivity contribution in [2.45, 2.75) is 102 Å². The fourth-order valence-corrected chi connectivity index (χ4v) is 5.83. The van der Waals surface area contributed by atoms with Crippen molar-refractivity contribution >= 4 is 23.8 Å². The highest BCUT2D eigenvalue weighted by Crippen LogP contribution is 2.32. The Labute approximate surface area is 226 Å². The summed E-state index contributed by atoms with van der Waals surface area (Å²) in [6.07, 6.45) is -1.13. The predicted molar refractivity (Wildman–Crippen MR) is 137 cm³/mol. The van der Waals surface area contributed by atoms with Crippen molar-refractivity contribution in [1.82, 2.24) is 10.2 Å². The second-order valence-electron chi connectivity index (χ2n) is 10.3. The largest absolute Gasteiger partial charge is 0.519 e. The third-order valence-electron chi connectivity index (χ3n) is 7.33. The number of hydrogen-bond acceptors (Lipinski definition) is 11. The highest BCUT2D eigenvalue weighted by Gasteiger charge is 2.48. The zero-order valence-corrected chi connectivity index (χ0v) is 23.3. The third-order valence-corrected chi connectivity index (χ3v) is 8.18. The number of aliphatic hydroxyl groups is 3. The number of amides is 2. The van der Waals surface area contributed by atoms with Crippen LogP contribution >= 0.6 is 11.8 Å². The van der Waals surface area contributed by atoms with Gasteiger partial charge in [0.05, 0.1) is 6.04 Å². The monoisotopic (exact) mass is 560 g/mol. The minimum atomic E-state index is -1.44. The zero-order valence-electron chi connectivity index (χ0n) is 22.5. The molecular formula is C25H40N2O10S. The number of carbonyl (C=O) groups is 2. The normalized spacial score (nSPS) is 30.8. The van der Waals surface area contributed by atoms with Crippen LogP contribution in [-0.4, -0.2) is 87.0 Å². The number of hydrogen-bond donors (Lipinski definition) is 4. The van der Waals surface area contributed by atoms with Crippen LogP contribution in [0.5, 0.6) is 0 Å². The van der Waals surface area contributed by atoms with E-state index < -0.39 is 59.8 Å². The summed E-state index contributed by atoms with van der Waals surface area (Å²) in [5.41, 5.74) is -0.780. The Balaban J connectivity index is 1.77. The summed E-state index contributed by atoms with van der Waals surface area (Å²) in [5.74, 6) is -0.978. The molecule has 4 N–H and O–H groups in total. The molecule has 216 valence electrons. The van der Waals surface area contributed by atoms with Crippen molar-refractivity contribution in [3.8, 4) is 0 Å². The maximum absolute atomic E-state index is 13.7. The quantitative estimate of drug-likeness (QED) is 0.344. The van der Waals surface area contributed by atoms with Gasteiger partial charge < -0.3 is 38.9 Å². The number of ether oxygens (including phenoxy) is 2. The molecular weight excluding hydrogens is 520 g/mol. The number of aryl methyl sites for hydroxylation is 1. The van der Waals surface area contributed by atoms with Gasteiger partial charge in [-0.25, -0.2) is 9.59 Å². The third kappa shape index (κ3) is 6.92. The first-order valence-electron chi connectivity index (χ1n) is 13.0. The van der Waals surface area contributed by atoms with E-state index in [4.69, 9.17) is 18.3 Å². The van der Waals surface area contributed by atoms with Gasteiger partial charge >= 0.3 is 11.9 Å². The summed E-state index contributed by atoms with van der Waals surface area (Å²) in [5, 5.41) is 34.3. The van der Waals surface area contributed by atoms with E-state index in [1.165, 1.54) is 23.6 Å². The maximum Gasteiger partial charge on any atom is 0.519 e. The van der Waals surface area contributed by atoms with Crippen molar-refractivity contribution in [1.29, 1.82) is 0 Å². The van der Waals surface area contributed by atoms with Crippen LogP contribution in [0.1, 0.15) is 58.0 Å². The van der Waals surface area contributed by atoms with Crippen LogP contribution in [0.4, 0.5) is 4.79 Å². The second kappa shape index (κ2) is 13.3. The lowest BCUT2D eigenvalue weighted by atomic mass is 9.86. The summed E-state index contributed by atoms with van der Waals surface area (Å²) in [4.78, 5) is 39.4. The summed E-state index contributed by atoms with van der Waals surface area (Å²) in [6.45, 7) is 7.28. The number of likely N-dealkylation sites (tertiary alicyclic amines) is 1. The summed E-state index contributed by atoms with van der Waals surface area (Å²) < 4.78 is 21.0. The number of aliphatic hydroxyl groups excluding tert-OH is 3. The molecule has 2 aliphatic heterocycles. The van der Waals surface area contributed by atoms with E-state index in [0.29, 0.717) is 19.4 Å². The van der Waals surface area contributed by atoms with Gasteiger partial charge in [-0.05, 0) is 37.9 Å². The number of nitrogens with one attached hydrogen (secondary N) is 1. The van der Waals surface area contributed by atoms with Crippen LogP contribution in [-0.2, 0) is 20.9 Å². The van der Waals surface area contributed by atoms with Crippen LogP contribution in [0.15, 0.2) is 13.6 Å². The van der Waals surface area contributed by atoms with Crippen LogP contribution < -0.4 is 11.1 Å². The van der Waals surface area contributed by atoms with Gasteiger partial charge in [0.1, 0.15) is 35.9 Å². The molecule has 3 heterocycles. The van der Waals surface area contributed by atoms with Gasteiger partial charge in [-0.3, -0.25) is 9.69 Å². The minimum absolute atomic E-state index is 0.0950. The summed E-state index contributed by atoms with van der Waals surface area (Å²) in [7, 11) is 0. The van der Waals surface area contributed by atoms with E-state index in [1.54, 1.807) is 6.26 Å². The molecule has 1 aromatic heterocycles. The smallest absolute Gasteiger partial charge is 0.441 e. The Hall–Kier alpha value is -2.06. The van der Waals surface area contributed by atoms with Crippen molar-refractivity contribution < 1.29 is 43.2 Å². The van der Waals surface area contributed by atoms with Crippen LogP contribution in [0.2, 0.25) is 0 Å². The molecule has 0 saturated carbocycles. The molecule has 1 aromatic rings. The van der Waals surface area contributed by atoms with E-state index in [1.807, 2.05) is 13.8 Å². The zero-order chi connectivity index (χ0) is 28.1. The average Bonchev–Trinajstić information content (AvgIpc) is 3.21. The molecule has 2 saturated heterocycles. The molecule has 0 spiro atoms. The van der Waals surface area contributed by atoms with Gasteiger partial charge in [0.15, 0.2) is 18.1 Å². The highest BCUT2D eigenvalue weighted by molar-refractivity contribution is 7.99. The van der Waals surface area contributed by atoms with E-state index >= 15 is 0 Å². The van der Waals surface area contributed by atoms with Gasteiger partial charge in [0, 0.05) is 6.54 Å². The van der Waals surface area contributed by atoms with E-state index in [0.717, 1.165) is 12.8 Å². The Bertz CT molecular complexity index is 995. The SMILES string of the molecule is CCC[C@@H]1CCN(C(=O)OCc2oc(=O)oc2C)[C@H](C(=O)N[C@H](C(C)C)[C@H]2O[C@H](SC)[C@H](O)[C@@H](O)[C@H]2O)C1. The summed E-state index contributed by atoms with van der Waals surface area (Å²) >= 11 is 1.20.